The van der Waals surface area contributed by atoms with E-state index >= 15 is 0 Å². The summed E-state index contributed by atoms with van der Waals surface area (Å²) in [7, 11) is 0. The molecule has 2 aliphatic rings. The lowest BCUT2D eigenvalue weighted by Gasteiger charge is -2.31. The van der Waals surface area contributed by atoms with Crippen LogP contribution in [0.5, 0.6) is 0 Å². The zero-order valence-corrected chi connectivity index (χ0v) is 9.82. The van der Waals surface area contributed by atoms with Gasteiger partial charge in [0.2, 0.25) is 5.91 Å². The first kappa shape index (κ1) is 11.9. The molecule has 4 heteroatoms. The number of carbonyl (C=O) groups is 1. The van der Waals surface area contributed by atoms with Crippen molar-refractivity contribution in [3.63, 3.8) is 0 Å². The van der Waals surface area contributed by atoms with E-state index in [4.69, 9.17) is 0 Å². The summed E-state index contributed by atoms with van der Waals surface area (Å²) in [4.78, 5) is 14.2. The Hall–Kier alpha value is -0.610. The highest BCUT2D eigenvalue weighted by Crippen LogP contribution is 2.19. The van der Waals surface area contributed by atoms with Gasteiger partial charge in [-0.15, -0.1) is 0 Å². The fraction of sp³-hybridized carbons (Fsp3) is 0.917. The van der Waals surface area contributed by atoms with E-state index in [0.717, 1.165) is 45.2 Å². The molecular weight excluding hydrogens is 204 g/mol. The molecule has 2 unspecified atom stereocenters. The summed E-state index contributed by atoms with van der Waals surface area (Å²) in [6, 6.07) is 0.0598. The second-order valence-electron chi connectivity index (χ2n) is 4.87. The molecule has 0 radical (unpaired) electrons. The zero-order valence-electron chi connectivity index (χ0n) is 9.82. The van der Waals surface area contributed by atoms with E-state index in [0.29, 0.717) is 0 Å². The van der Waals surface area contributed by atoms with Crippen molar-refractivity contribution in [2.24, 2.45) is 0 Å². The van der Waals surface area contributed by atoms with Crippen molar-refractivity contribution in [3.8, 4) is 0 Å². The van der Waals surface area contributed by atoms with Crippen molar-refractivity contribution in [1.29, 1.82) is 0 Å². The van der Waals surface area contributed by atoms with Crippen LogP contribution in [0, 0.1) is 0 Å². The van der Waals surface area contributed by atoms with Crippen LogP contribution in [0.1, 0.15) is 38.5 Å². The number of likely N-dealkylation sites (tertiary alicyclic amines) is 1. The molecular formula is C12H22N2O2. The second-order valence-corrected chi connectivity index (χ2v) is 4.87. The van der Waals surface area contributed by atoms with Crippen LogP contribution in [-0.4, -0.2) is 47.7 Å². The lowest BCUT2D eigenvalue weighted by molar-refractivity contribution is -0.136. The van der Waals surface area contributed by atoms with Gasteiger partial charge in [0.25, 0.3) is 0 Å². The van der Waals surface area contributed by atoms with Crippen LogP contribution < -0.4 is 5.32 Å². The third kappa shape index (κ3) is 2.55. The first-order valence-corrected chi connectivity index (χ1v) is 6.47. The molecule has 0 aromatic rings. The summed E-state index contributed by atoms with van der Waals surface area (Å²) < 4.78 is 0. The number of nitrogens with zero attached hydrogens (tertiary/aromatic N) is 1. The molecule has 0 saturated carbocycles. The summed E-state index contributed by atoms with van der Waals surface area (Å²) in [5.41, 5.74) is 0. The average molecular weight is 226 g/mol. The van der Waals surface area contributed by atoms with E-state index in [1.807, 2.05) is 4.90 Å². The van der Waals surface area contributed by atoms with Crippen LogP contribution in [0.15, 0.2) is 0 Å². The van der Waals surface area contributed by atoms with E-state index < -0.39 is 0 Å². The molecule has 2 aliphatic heterocycles. The molecule has 0 aliphatic carbocycles. The predicted molar refractivity (Wildman–Crippen MR) is 62.1 cm³/mol. The number of carbonyl (C=O) groups excluding carboxylic acids is 1. The Balaban J connectivity index is 2.00. The third-order valence-electron chi connectivity index (χ3n) is 3.73. The minimum atomic E-state index is 0.00662. The lowest BCUT2D eigenvalue weighted by Crippen LogP contribution is -2.49. The number of hydrogen-bond donors (Lipinski definition) is 2. The maximum absolute atomic E-state index is 12.3. The molecule has 2 saturated heterocycles. The van der Waals surface area contributed by atoms with Gasteiger partial charge in [0, 0.05) is 6.54 Å². The Morgan fingerprint density at radius 1 is 1.25 bits per heavy atom. The van der Waals surface area contributed by atoms with Crippen molar-refractivity contribution in [3.05, 3.63) is 0 Å². The van der Waals surface area contributed by atoms with Gasteiger partial charge < -0.3 is 15.3 Å². The fourth-order valence-corrected chi connectivity index (χ4v) is 2.75. The summed E-state index contributed by atoms with van der Waals surface area (Å²) >= 11 is 0. The Kier molecular flexibility index (Phi) is 4.18. The van der Waals surface area contributed by atoms with Gasteiger partial charge in [-0.3, -0.25) is 4.79 Å². The molecule has 0 bridgehead atoms. The summed E-state index contributed by atoms with van der Waals surface area (Å²) in [5, 5.41) is 12.6. The SMILES string of the molecule is O=C(C1CCCN1)N1CCCCCC1CO. The predicted octanol–water partition coefficient (Wildman–Crippen LogP) is 0.502. The summed E-state index contributed by atoms with van der Waals surface area (Å²) in [6.45, 7) is 1.88. The molecule has 2 rings (SSSR count). The van der Waals surface area contributed by atoms with Crippen LogP contribution in [0.2, 0.25) is 0 Å². The molecule has 0 aromatic carbocycles. The smallest absolute Gasteiger partial charge is 0.240 e. The minimum absolute atomic E-state index is 0.00662. The van der Waals surface area contributed by atoms with Crippen LogP contribution in [-0.2, 0) is 4.79 Å². The normalized spacial score (nSPS) is 31.4. The average Bonchev–Trinajstić information content (AvgIpc) is 2.73. The topological polar surface area (TPSA) is 52.6 Å². The lowest BCUT2D eigenvalue weighted by atomic mass is 10.1. The fourth-order valence-electron chi connectivity index (χ4n) is 2.75. The quantitative estimate of drug-likeness (QED) is 0.721. The highest BCUT2D eigenvalue weighted by Gasteiger charge is 2.31. The zero-order chi connectivity index (χ0) is 11.4. The Labute approximate surface area is 97.0 Å². The minimum Gasteiger partial charge on any atom is -0.394 e. The van der Waals surface area contributed by atoms with E-state index in [1.165, 1.54) is 6.42 Å². The van der Waals surface area contributed by atoms with E-state index in [1.54, 1.807) is 0 Å². The largest absolute Gasteiger partial charge is 0.394 e. The highest BCUT2D eigenvalue weighted by atomic mass is 16.3. The molecule has 4 nitrogen and oxygen atoms in total. The number of amides is 1. The molecule has 2 atom stereocenters. The van der Waals surface area contributed by atoms with Crippen molar-refractivity contribution < 1.29 is 9.90 Å². The molecule has 1 amide bonds. The molecule has 92 valence electrons. The molecule has 2 N–H and O–H groups in total. The van der Waals surface area contributed by atoms with Gasteiger partial charge in [0.15, 0.2) is 0 Å². The van der Waals surface area contributed by atoms with Gasteiger partial charge >= 0.3 is 0 Å². The Bertz CT molecular complexity index is 239. The first-order valence-electron chi connectivity index (χ1n) is 6.47. The summed E-state index contributed by atoms with van der Waals surface area (Å²) in [5.74, 6) is 0.207. The van der Waals surface area contributed by atoms with Gasteiger partial charge in [-0.2, -0.15) is 0 Å². The first-order chi connectivity index (χ1) is 7.83. The van der Waals surface area contributed by atoms with E-state index in [9.17, 15) is 9.90 Å². The van der Waals surface area contributed by atoms with Gasteiger partial charge in [0.05, 0.1) is 18.7 Å². The number of rotatable bonds is 2. The Morgan fingerprint density at radius 2 is 2.12 bits per heavy atom. The monoisotopic (exact) mass is 226 g/mol. The van der Waals surface area contributed by atoms with Crippen molar-refractivity contribution in [2.75, 3.05) is 19.7 Å². The van der Waals surface area contributed by atoms with E-state index in [-0.39, 0.29) is 24.6 Å². The molecule has 0 aromatic heterocycles. The maximum atomic E-state index is 12.3. The number of aliphatic hydroxyl groups is 1. The van der Waals surface area contributed by atoms with Crippen LogP contribution in [0.3, 0.4) is 0 Å². The standard InChI is InChI=1S/C12H22N2O2/c15-9-10-5-2-1-3-8-14(10)12(16)11-6-4-7-13-11/h10-11,13,15H,1-9H2. The van der Waals surface area contributed by atoms with Gasteiger partial charge in [-0.1, -0.05) is 12.8 Å². The second kappa shape index (κ2) is 5.64. The number of hydrogen-bond acceptors (Lipinski definition) is 3. The Morgan fingerprint density at radius 3 is 2.81 bits per heavy atom. The third-order valence-corrected chi connectivity index (χ3v) is 3.73. The van der Waals surface area contributed by atoms with Gasteiger partial charge in [-0.05, 0) is 32.2 Å². The molecule has 2 heterocycles. The van der Waals surface area contributed by atoms with Crippen LogP contribution in [0.4, 0.5) is 0 Å². The van der Waals surface area contributed by atoms with Gasteiger partial charge in [-0.25, -0.2) is 0 Å². The number of nitrogens with one attached hydrogen (secondary N) is 1. The van der Waals surface area contributed by atoms with Gasteiger partial charge in [0.1, 0.15) is 0 Å². The molecule has 0 spiro atoms. The highest BCUT2D eigenvalue weighted by molar-refractivity contribution is 5.82. The van der Waals surface area contributed by atoms with Crippen molar-refractivity contribution in [1.82, 2.24) is 10.2 Å². The van der Waals surface area contributed by atoms with E-state index in [2.05, 4.69) is 5.32 Å². The molecule has 2 fully saturated rings. The van der Waals surface area contributed by atoms with Crippen LogP contribution in [0.25, 0.3) is 0 Å². The van der Waals surface area contributed by atoms with Crippen molar-refractivity contribution in [2.45, 2.75) is 50.6 Å². The summed E-state index contributed by atoms with van der Waals surface area (Å²) in [6.07, 6.45) is 6.39. The van der Waals surface area contributed by atoms with Crippen LogP contribution >= 0.6 is 0 Å². The van der Waals surface area contributed by atoms with Crippen molar-refractivity contribution >= 4 is 5.91 Å². The molecule has 16 heavy (non-hydrogen) atoms. The maximum Gasteiger partial charge on any atom is 0.240 e. The number of aliphatic hydroxyl groups excluding tert-OH is 1.